The predicted octanol–water partition coefficient (Wildman–Crippen LogP) is 27.8. The summed E-state index contributed by atoms with van der Waals surface area (Å²) in [6.45, 7) is 2.54. The number of aliphatic hydroxyl groups excluding tert-OH is 2. The van der Waals surface area contributed by atoms with Crippen molar-refractivity contribution in [1.82, 2.24) is 0 Å². The maximum atomic E-state index is 13.0. The maximum Gasteiger partial charge on any atom is 0.472 e. The molecule has 0 spiro atoms. The van der Waals surface area contributed by atoms with Gasteiger partial charge in [0.25, 0.3) is 0 Å². The molecule has 113 heavy (non-hydrogen) atoms. The highest BCUT2D eigenvalue weighted by Gasteiger charge is 2.29. The second kappa shape index (κ2) is 87.0. The molecule has 652 valence electrons. The summed E-state index contributed by atoms with van der Waals surface area (Å²) in [6, 6.07) is 0. The molecule has 0 aromatic heterocycles. The third kappa shape index (κ3) is 88.3. The van der Waals surface area contributed by atoms with Crippen molar-refractivity contribution < 1.29 is 75.8 Å². The van der Waals surface area contributed by atoms with Gasteiger partial charge in [0.05, 0.1) is 26.4 Å². The van der Waals surface area contributed by atoms with Crippen molar-refractivity contribution in [2.75, 3.05) is 39.6 Å². The predicted molar refractivity (Wildman–Crippen MR) is 473 cm³/mol. The summed E-state index contributed by atoms with van der Waals surface area (Å²) in [7, 11) is -9.80. The van der Waals surface area contributed by atoms with E-state index in [0.717, 1.165) is 141 Å². The zero-order chi connectivity index (χ0) is 82.2. The summed E-state index contributed by atoms with van der Waals surface area (Å²) in [5.74, 6) is -1.58. The molecule has 0 aliphatic carbocycles. The lowest BCUT2D eigenvalue weighted by Crippen LogP contribution is -2.30. The van der Waals surface area contributed by atoms with Gasteiger partial charge >= 0.3 is 33.6 Å². The molecule has 0 aliphatic rings. The van der Waals surface area contributed by atoms with Gasteiger partial charge in [-0.1, -0.05) is 366 Å². The smallest absolute Gasteiger partial charge is 0.463 e. The quantitative estimate of drug-likeness (QED) is 0.0146. The number of unbranched alkanes of at least 4 members (excludes halogenated alkanes) is 41. The van der Waals surface area contributed by atoms with Gasteiger partial charge in [-0.25, -0.2) is 9.13 Å². The monoisotopic (exact) mass is 1630 g/mol. The number of hydrogen-bond acceptors (Lipinski definition) is 14. The number of carbonyl (C=O) groups excluding carboxylic acids is 3. The highest BCUT2D eigenvalue weighted by molar-refractivity contribution is 7.47. The molecule has 18 heteroatoms. The van der Waals surface area contributed by atoms with Gasteiger partial charge in [0, 0.05) is 19.3 Å². The van der Waals surface area contributed by atoms with E-state index in [1.807, 2.05) is 0 Å². The van der Waals surface area contributed by atoms with Gasteiger partial charge in [0.2, 0.25) is 0 Å². The normalized spacial score (nSPS) is 14.4. The first-order valence-electron chi connectivity index (χ1n) is 45.5. The Bertz CT molecular complexity index is 2580. The van der Waals surface area contributed by atoms with Crippen LogP contribution in [0.1, 0.15) is 393 Å². The second-order valence-corrected chi connectivity index (χ2v) is 33.3. The first-order chi connectivity index (χ1) is 55.2. The fourth-order valence-electron chi connectivity index (χ4n) is 12.4. The zero-order valence-corrected chi connectivity index (χ0v) is 73.6. The number of phosphoric acid groups is 2. The molecule has 16 nitrogen and oxygen atoms in total. The molecule has 0 fully saturated rings. The van der Waals surface area contributed by atoms with E-state index in [-0.39, 0.29) is 19.3 Å². The van der Waals surface area contributed by atoms with Crippen LogP contribution in [-0.2, 0) is 55.8 Å². The zero-order valence-electron chi connectivity index (χ0n) is 71.8. The molecule has 0 heterocycles. The molecule has 0 saturated heterocycles. The molecule has 0 aromatic carbocycles. The topological polar surface area (TPSA) is 231 Å². The van der Waals surface area contributed by atoms with E-state index in [2.05, 4.69) is 154 Å². The molecule has 5 atom stereocenters. The van der Waals surface area contributed by atoms with Gasteiger partial charge in [-0.2, -0.15) is 0 Å². The minimum absolute atomic E-state index is 0.0838. The summed E-state index contributed by atoms with van der Waals surface area (Å²) < 4.78 is 61.4. The van der Waals surface area contributed by atoms with Crippen molar-refractivity contribution in [3.05, 3.63) is 134 Å². The fraction of sp³-hybridized carbons (Fsp3) is 0.737. The van der Waals surface area contributed by atoms with Crippen LogP contribution in [0.3, 0.4) is 0 Å². The first kappa shape index (κ1) is 109. The molecule has 4 N–H and O–H groups in total. The van der Waals surface area contributed by atoms with Crippen molar-refractivity contribution in [2.24, 2.45) is 0 Å². The number of ether oxygens (including phenoxy) is 3. The molecular weight excluding hydrogens is 1460 g/mol. The van der Waals surface area contributed by atoms with Crippen LogP contribution in [0, 0.1) is 0 Å². The lowest BCUT2D eigenvalue weighted by atomic mass is 10.0. The summed E-state index contributed by atoms with van der Waals surface area (Å²) in [4.78, 5) is 58.9. The SMILES string of the molecule is CC/C=C\C/C=C\C/C=C\CCCCCCCC(=O)OC(COC(=O)CCCCCCCCCCCCCCC/C=C\C/C=C\C/C=C\C/C=C\CCCCC)COP(=O)(O)OCC(O)COP(=O)(O)OCC(O)COC(=O)CCCCCCCCCCCCCCCCCCC/C=C\C/C=C\C/C=C\C/C=C\CCCCC. The van der Waals surface area contributed by atoms with Crippen LogP contribution in [-0.4, -0.2) is 95.9 Å². The molecule has 0 aromatic rings. The molecule has 0 aliphatic heterocycles. The fourth-order valence-corrected chi connectivity index (χ4v) is 14.0. The van der Waals surface area contributed by atoms with E-state index in [9.17, 15) is 43.5 Å². The van der Waals surface area contributed by atoms with Crippen molar-refractivity contribution in [1.29, 1.82) is 0 Å². The lowest BCUT2D eigenvalue weighted by molar-refractivity contribution is -0.161. The Morgan fingerprint density at radius 3 is 0.743 bits per heavy atom. The average molecular weight is 1630 g/mol. The molecule has 0 radical (unpaired) electrons. The molecule has 0 amide bonds. The standard InChI is InChI=1S/C95H166O16P2/c1-4-7-10-13-16-19-22-25-28-30-32-34-36-38-40-42-43-44-45-47-49-50-52-54-56-58-61-63-66-69-72-75-78-81-93(98)105-84-90(96)85-107-112(101,102)108-86-91(97)87-109-113(103,104)110-89-92(111-95(100)83-80-77-74-71-68-65-60-27-24-21-18-15-12-9-6-3)88-106-94(99)82-79-76-73-70-67-64-62-59-57-55-53-51-48-46-41-39-37-35-33-31-29-26-23-20-17-14-11-8-5-2/h9,12,16-21,25-29,32-35,38-41,60,90-92,96-97H,4-8,10-11,13-15,22-24,30-31,36-37,42-59,61-89H2,1-3H3,(H,101,102)(H,103,104)/b12-9-,19-16-,20-17-,21-18-,28-25-,29-26-,34-32-,35-33-,40-38-,41-39-,60-27-. The lowest BCUT2D eigenvalue weighted by Gasteiger charge is -2.21. The number of allylic oxidation sites excluding steroid dienone is 22. The molecule has 0 bridgehead atoms. The van der Waals surface area contributed by atoms with E-state index < -0.39 is 91.5 Å². The minimum atomic E-state index is -4.94. The Morgan fingerprint density at radius 2 is 0.469 bits per heavy atom. The Morgan fingerprint density at radius 1 is 0.257 bits per heavy atom. The third-order valence-electron chi connectivity index (χ3n) is 19.3. The summed E-state index contributed by atoms with van der Waals surface area (Å²) in [5.41, 5.74) is 0. The summed E-state index contributed by atoms with van der Waals surface area (Å²) >= 11 is 0. The van der Waals surface area contributed by atoms with Gasteiger partial charge < -0.3 is 34.2 Å². The van der Waals surface area contributed by atoms with Crippen molar-refractivity contribution in [3.63, 3.8) is 0 Å². The molecular formula is C95H166O16P2. The van der Waals surface area contributed by atoms with Gasteiger partial charge in [0.15, 0.2) is 6.10 Å². The number of carbonyl (C=O) groups is 3. The van der Waals surface area contributed by atoms with Crippen LogP contribution in [0.2, 0.25) is 0 Å². The number of phosphoric ester groups is 2. The Hall–Kier alpha value is -4.31. The maximum absolute atomic E-state index is 13.0. The summed E-state index contributed by atoms with van der Waals surface area (Å²) in [6.07, 6.45) is 108. The highest BCUT2D eigenvalue weighted by Crippen LogP contribution is 2.45. The highest BCUT2D eigenvalue weighted by atomic mass is 31.2. The first-order valence-corrected chi connectivity index (χ1v) is 48.5. The van der Waals surface area contributed by atoms with Crippen LogP contribution in [0.4, 0.5) is 0 Å². The number of rotatable bonds is 86. The van der Waals surface area contributed by atoms with Crippen LogP contribution in [0.5, 0.6) is 0 Å². The van der Waals surface area contributed by atoms with E-state index in [4.69, 9.17) is 32.3 Å². The average Bonchev–Trinajstić information content (AvgIpc) is 0.908. The number of esters is 3. The van der Waals surface area contributed by atoms with Crippen molar-refractivity contribution >= 4 is 33.6 Å². The molecule has 0 rings (SSSR count). The van der Waals surface area contributed by atoms with Crippen LogP contribution in [0.25, 0.3) is 0 Å². The van der Waals surface area contributed by atoms with Crippen LogP contribution < -0.4 is 0 Å². The van der Waals surface area contributed by atoms with Gasteiger partial charge in [-0.3, -0.25) is 32.5 Å². The third-order valence-corrected chi connectivity index (χ3v) is 21.2. The van der Waals surface area contributed by atoms with E-state index >= 15 is 0 Å². The van der Waals surface area contributed by atoms with E-state index in [1.54, 1.807) is 0 Å². The largest absolute Gasteiger partial charge is 0.472 e. The van der Waals surface area contributed by atoms with Crippen molar-refractivity contribution in [3.8, 4) is 0 Å². The Labute approximate surface area is 690 Å². The number of aliphatic hydroxyl groups is 2. The Kier molecular flexibility index (Phi) is 83.7. The summed E-state index contributed by atoms with van der Waals surface area (Å²) in [5, 5.41) is 20.7. The van der Waals surface area contributed by atoms with Gasteiger partial charge in [-0.05, 0) is 141 Å². The van der Waals surface area contributed by atoms with E-state index in [1.165, 1.54) is 193 Å². The van der Waals surface area contributed by atoms with Crippen molar-refractivity contribution in [2.45, 2.75) is 411 Å². The van der Waals surface area contributed by atoms with Crippen LogP contribution >= 0.6 is 15.6 Å². The molecule has 5 unspecified atom stereocenters. The van der Waals surface area contributed by atoms with Crippen LogP contribution in [0.15, 0.2) is 134 Å². The second-order valence-electron chi connectivity index (χ2n) is 30.4. The van der Waals surface area contributed by atoms with Gasteiger partial charge in [-0.15, -0.1) is 0 Å². The van der Waals surface area contributed by atoms with E-state index in [0.29, 0.717) is 19.3 Å². The number of hydrogen-bond donors (Lipinski definition) is 4. The Balaban J connectivity index is 4.45. The van der Waals surface area contributed by atoms with Gasteiger partial charge in [0.1, 0.15) is 25.4 Å². The minimum Gasteiger partial charge on any atom is -0.463 e. The molecule has 0 saturated carbocycles.